The molecule has 2 N–H and O–H groups in total. The monoisotopic (exact) mass is 207 g/mol. The van der Waals surface area contributed by atoms with Crippen molar-refractivity contribution in [1.29, 1.82) is 0 Å². The van der Waals surface area contributed by atoms with Crippen molar-refractivity contribution in [1.82, 2.24) is 5.32 Å². The molecule has 2 nitrogen and oxygen atoms in total. The van der Waals surface area contributed by atoms with Crippen molar-refractivity contribution >= 4 is 0 Å². The number of hydrogen-bond acceptors (Lipinski definition) is 2. The van der Waals surface area contributed by atoms with Crippen molar-refractivity contribution in [2.45, 2.75) is 39.3 Å². The molecule has 1 unspecified atom stereocenters. The van der Waals surface area contributed by atoms with Gasteiger partial charge in [-0.05, 0) is 44.9 Å². The van der Waals surface area contributed by atoms with Gasteiger partial charge in [-0.3, -0.25) is 0 Å². The minimum Gasteiger partial charge on any atom is -0.393 e. The maximum atomic E-state index is 9.15. The molecule has 2 atom stereocenters. The van der Waals surface area contributed by atoms with Crippen LogP contribution in [0.1, 0.15) is 37.4 Å². The van der Waals surface area contributed by atoms with Gasteiger partial charge < -0.3 is 10.4 Å². The SMILES string of the molecule is Cc1ccccc1[C@@H](C)NCCC(C)O. The molecule has 0 aliphatic carbocycles. The summed E-state index contributed by atoms with van der Waals surface area (Å²) in [5, 5.41) is 12.6. The first kappa shape index (κ1) is 12.2. The summed E-state index contributed by atoms with van der Waals surface area (Å²) in [6.45, 7) is 6.96. The average Bonchev–Trinajstić information content (AvgIpc) is 2.17. The summed E-state index contributed by atoms with van der Waals surface area (Å²) in [5.74, 6) is 0. The maximum Gasteiger partial charge on any atom is 0.0524 e. The van der Waals surface area contributed by atoms with E-state index >= 15 is 0 Å². The molecule has 1 aromatic carbocycles. The van der Waals surface area contributed by atoms with E-state index in [4.69, 9.17) is 5.11 Å². The van der Waals surface area contributed by atoms with E-state index in [1.807, 2.05) is 6.92 Å². The zero-order valence-corrected chi connectivity index (χ0v) is 9.83. The molecule has 0 fully saturated rings. The Kier molecular flexibility index (Phi) is 4.79. The predicted molar refractivity (Wildman–Crippen MR) is 63.9 cm³/mol. The van der Waals surface area contributed by atoms with Crippen LogP contribution in [0.3, 0.4) is 0 Å². The molecular weight excluding hydrogens is 186 g/mol. The van der Waals surface area contributed by atoms with Crippen LogP contribution in [-0.2, 0) is 0 Å². The van der Waals surface area contributed by atoms with Gasteiger partial charge in [0.1, 0.15) is 0 Å². The van der Waals surface area contributed by atoms with Gasteiger partial charge >= 0.3 is 0 Å². The van der Waals surface area contributed by atoms with Crippen molar-refractivity contribution in [3.63, 3.8) is 0 Å². The number of rotatable bonds is 5. The summed E-state index contributed by atoms with van der Waals surface area (Å²) in [5.41, 5.74) is 2.65. The highest BCUT2D eigenvalue weighted by Crippen LogP contribution is 2.16. The van der Waals surface area contributed by atoms with E-state index < -0.39 is 0 Å². The van der Waals surface area contributed by atoms with Gasteiger partial charge in [0.2, 0.25) is 0 Å². The molecule has 0 heterocycles. The van der Waals surface area contributed by atoms with Crippen LogP contribution in [0.15, 0.2) is 24.3 Å². The summed E-state index contributed by atoms with van der Waals surface area (Å²) in [6, 6.07) is 8.75. The summed E-state index contributed by atoms with van der Waals surface area (Å²) < 4.78 is 0. The fourth-order valence-electron chi connectivity index (χ4n) is 1.69. The lowest BCUT2D eigenvalue weighted by atomic mass is 10.0. The van der Waals surface area contributed by atoms with Gasteiger partial charge in [0.25, 0.3) is 0 Å². The number of aliphatic hydroxyl groups is 1. The van der Waals surface area contributed by atoms with Gasteiger partial charge in [0.15, 0.2) is 0 Å². The molecule has 0 aromatic heterocycles. The Balaban J connectivity index is 2.47. The van der Waals surface area contributed by atoms with Gasteiger partial charge in [0.05, 0.1) is 6.10 Å². The minimum absolute atomic E-state index is 0.221. The van der Waals surface area contributed by atoms with Gasteiger partial charge in [-0.25, -0.2) is 0 Å². The Morgan fingerprint density at radius 3 is 2.53 bits per heavy atom. The van der Waals surface area contributed by atoms with Crippen LogP contribution in [0.5, 0.6) is 0 Å². The van der Waals surface area contributed by atoms with E-state index in [2.05, 4.69) is 43.4 Å². The first-order valence-electron chi connectivity index (χ1n) is 5.58. The third kappa shape index (κ3) is 4.02. The first-order chi connectivity index (χ1) is 7.11. The second-order valence-corrected chi connectivity index (χ2v) is 4.17. The lowest BCUT2D eigenvalue weighted by molar-refractivity contribution is 0.182. The topological polar surface area (TPSA) is 32.3 Å². The van der Waals surface area contributed by atoms with E-state index in [0.29, 0.717) is 6.04 Å². The zero-order valence-electron chi connectivity index (χ0n) is 9.83. The average molecular weight is 207 g/mol. The molecule has 0 amide bonds. The predicted octanol–water partition coefficient (Wildman–Crippen LogP) is 2.42. The third-order valence-electron chi connectivity index (χ3n) is 2.67. The van der Waals surface area contributed by atoms with Crippen molar-refractivity contribution in [3.8, 4) is 0 Å². The smallest absolute Gasteiger partial charge is 0.0524 e. The molecule has 0 radical (unpaired) electrons. The maximum absolute atomic E-state index is 9.15. The fraction of sp³-hybridized carbons (Fsp3) is 0.538. The molecule has 0 saturated heterocycles. The number of hydrogen-bond donors (Lipinski definition) is 2. The van der Waals surface area contributed by atoms with E-state index in [0.717, 1.165) is 13.0 Å². The van der Waals surface area contributed by atoms with Gasteiger partial charge in [-0.1, -0.05) is 24.3 Å². The second-order valence-electron chi connectivity index (χ2n) is 4.17. The Hall–Kier alpha value is -0.860. The molecule has 0 aliphatic heterocycles. The van der Waals surface area contributed by atoms with Gasteiger partial charge in [0, 0.05) is 6.04 Å². The Morgan fingerprint density at radius 2 is 1.93 bits per heavy atom. The lowest BCUT2D eigenvalue weighted by Gasteiger charge is -2.16. The minimum atomic E-state index is -0.221. The third-order valence-corrected chi connectivity index (χ3v) is 2.67. The van der Waals surface area contributed by atoms with Gasteiger partial charge in [-0.15, -0.1) is 0 Å². The van der Waals surface area contributed by atoms with Crippen LogP contribution in [0, 0.1) is 6.92 Å². The van der Waals surface area contributed by atoms with E-state index in [1.54, 1.807) is 0 Å². The van der Waals surface area contributed by atoms with Crippen LogP contribution >= 0.6 is 0 Å². The summed E-state index contributed by atoms with van der Waals surface area (Å²) >= 11 is 0. The van der Waals surface area contributed by atoms with Crippen molar-refractivity contribution in [2.75, 3.05) is 6.54 Å². The summed E-state index contributed by atoms with van der Waals surface area (Å²) in [4.78, 5) is 0. The molecule has 1 aromatic rings. The molecule has 84 valence electrons. The van der Waals surface area contributed by atoms with Gasteiger partial charge in [-0.2, -0.15) is 0 Å². The summed E-state index contributed by atoms with van der Waals surface area (Å²) in [7, 11) is 0. The largest absolute Gasteiger partial charge is 0.393 e. The molecule has 0 spiro atoms. The second kappa shape index (κ2) is 5.89. The van der Waals surface area contributed by atoms with Crippen LogP contribution in [0.25, 0.3) is 0 Å². The molecule has 0 bridgehead atoms. The van der Waals surface area contributed by atoms with Crippen LogP contribution < -0.4 is 5.32 Å². The zero-order chi connectivity index (χ0) is 11.3. The lowest BCUT2D eigenvalue weighted by Crippen LogP contribution is -2.23. The molecule has 15 heavy (non-hydrogen) atoms. The Labute approximate surface area is 92.3 Å². The normalized spacial score (nSPS) is 14.9. The standard InChI is InChI=1S/C13H21NO/c1-10-6-4-5-7-13(10)12(3)14-9-8-11(2)15/h4-7,11-12,14-15H,8-9H2,1-3H3/t11?,12-/m1/s1. The molecule has 0 aliphatic rings. The molecule has 0 saturated carbocycles. The number of benzene rings is 1. The number of aryl methyl sites for hydroxylation is 1. The highest BCUT2D eigenvalue weighted by molar-refractivity contribution is 5.28. The van der Waals surface area contributed by atoms with Crippen molar-refractivity contribution in [2.24, 2.45) is 0 Å². The first-order valence-corrected chi connectivity index (χ1v) is 5.58. The Bertz CT molecular complexity index is 296. The van der Waals surface area contributed by atoms with E-state index in [-0.39, 0.29) is 6.10 Å². The number of aliphatic hydroxyl groups excluding tert-OH is 1. The molecule has 1 rings (SSSR count). The van der Waals surface area contributed by atoms with E-state index in [9.17, 15) is 0 Å². The van der Waals surface area contributed by atoms with Crippen molar-refractivity contribution < 1.29 is 5.11 Å². The Morgan fingerprint density at radius 1 is 1.27 bits per heavy atom. The fourth-order valence-corrected chi connectivity index (χ4v) is 1.69. The molecule has 2 heteroatoms. The van der Waals surface area contributed by atoms with Crippen LogP contribution in [-0.4, -0.2) is 17.8 Å². The highest BCUT2D eigenvalue weighted by Gasteiger charge is 2.06. The van der Waals surface area contributed by atoms with Crippen molar-refractivity contribution in [3.05, 3.63) is 35.4 Å². The molecular formula is C13H21NO. The van der Waals surface area contributed by atoms with E-state index in [1.165, 1.54) is 11.1 Å². The summed E-state index contributed by atoms with van der Waals surface area (Å²) in [6.07, 6.45) is 0.581. The quantitative estimate of drug-likeness (QED) is 0.777. The van der Waals surface area contributed by atoms with Crippen LogP contribution in [0.4, 0.5) is 0 Å². The van der Waals surface area contributed by atoms with Crippen LogP contribution in [0.2, 0.25) is 0 Å². The highest BCUT2D eigenvalue weighted by atomic mass is 16.3. The number of nitrogens with one attached hydrogen (secondary N) is 1.